The number of carbonyl (C=O) groups is 1. The molecule has 2 aromatic heterocycles. The number of amides is 1. The molecule has 0 fully saturated rings. The standard InChI is InChI=1S/C14H11ClN4OS/c15-11-6-10(7-21-11)14(20)18-12(13-16-8-17-19-13)9-4-2-1-3-5-9/h1-8,12H,(H,18,20)(H,16,17,19). The molecule has 0 aliphatic rings. The molecule has 0 saturated carbocycles. The van der Waals surface area contributed by atoms with E-state index in [1.807, 2.05) is 30.3 Å². The van der Waals surface area contributed by atoms with Gasteiger partial charge in [0.05, 0.1) is 9.90 Å². The zero-order chi connectivity index (χ0) is 14.7. The minimum atomic E-state index is -0.389. The Morgan fingerprint density at radius 3 is 2.76 bits per heavy atom. The van der Waals surface area contributed by atoms with Gasteiger partial charge in [-0.05, 0) is 11.6 Å². The van der Waals surface area contributed by atoms with Crippen LogP contribution in [0.5, 0.6) is 0 Å². The maximum absolute atomic E-state index is 12.3. The van der Waals surface area contributed by atoms with E-state index in [-0.39, 0.29) is 11.9 Å². The Kier molecular flexibility index (Phi) is 3.98. The van der Waals surface area contributed by atoms with Crippen LogP contribution in [0.15, 0.2) is 48.1 Å². The number of nitrogens with one attached hydrogen (secondary N) is 2. The first-order valence-electron chi connectivity index (χ1n) is 6.19. The second kappa shape index (κ2) is 6.07. The maximum Gasteiger partial charge on any atom is 0.253 e. The van der Waals surface area contributed by atoms with E-state index >= 15 is 0 Å². The summed E-state index contributed by atoms with van der Waals surface area (Å²) in [5, 5.41) is 11.3. The van der Waals surface area contributed by atoms with Gasteiger partial charge in [-0.25, -0.2) is 4.98 Å². The minimum Gasteiger partial charge on any atom is -0.338 e. The molecule has 106 valence electrons. The van der Waals surface area contributed by atoms with Crippen molar-refractivity contribution in [3.63, 3.8) is 0 Å². The highest BCUT2D eigenvalue weighted by Gasteiger charge is 2.20. The lowest BCUT2D eigenvalue weighted by molar-refractivity contribution is 0.0942. The topological polar surface area (TPSA) is 70.7 Å². The van der Waals surface area contributed by atoms with Gasteiger partial charge in [0.2, 0.25) is 0 Å². The van der Waals surface area contributed by atoms with Gasteiger partial charge in [-0.15, -0.1) is 11.3 Å². The van der Waals surface area contributed by atoms with E-state index in [9.17, 15) is 4.79 Å². The zero-order valence-corrected chi connectivity index (χ0v) is 12.4. The average Bonchev–Trinajstić information content (AvgIpc) is 3.17. The number of nitrogens with zero attached hydrogens (tertiary/aromatic N) is 2. The molecule has 3 aromatic rings. The molecule has 1 aromatic carbocycles. The van der Waals surface area contributed by atoms with Crippen LogP contribution >= 0.6 is 22.9 Å². The molecule has 2 N–H and O–H groups in total. The van der Waals surface area contributed by atoms with Crippen LogP contribution in [-0.2, 0) is 0 Å². The first kappa shape index (κ1) is 13.8. The molecule has 7 heteroatoms. The van der Waals surface area contributed by atoms with Crippen LogP contribution in [-0.4, -0.2) is 21.1 Å². The fourth-order valence-corrected chi connectivity index (χ4v) is 2.81. The van der Waals surface area contributed by atoms with Crippen molar-refractivity contribution in [2.24, 2.45) is 0 Å². The number of thiophene rings is 1. The molecule has 2 heterocycles. The second-order valence-corrected chi connectivity index (χ2v) is 5.87. The first-order chi connectivity index (χ1) is 10.2. The summed E-state index contributed by atoms with van der Waals surface area (Å²) in [4.78, 5) is 16.5. The van der Waals surface area contributed by atoms with Gasteiger partial charge in [-0.2, -0.15) is 5.10 Å². The van der Waals surface area contributed by atoms with Crippen LogP contribution in [0.3, 0.4) is 0 Å². The predicted octanol–water partition coefficient (Wildman–Crippen LogP) is 3.04. The fraction of sp³-hybridized carbons (Fsp3) is 0.0714. The molecule has 3 rings (SSSR count). The molecule has 5 nitrogen and oxygen atoms in total. The summed E-state index contributed by atoms with van der Waals surface area (Å²) in [6.07, 6.45) is 1.42. The SMILES string of the molecule is O=C(NC(c1ccccc1)c1ncn[nH]1)c1csc(Cl)c1. The van der Waals surface area contributed by atoms with Gasteiger partial charge in [0.15, 0.2) is 5.82 Å². The van der Waals surface area contributed by atoms with Gasteiger partial charge in [-0.1, -0.05) is 41.9 Å². The number of benzene rings is 1. The Labute approximate surface area is 130 Å². The monoisotopic (exact) mass is 318 g/mol. The number of hydrogen-bond acceptors (Lipinski definition) is 4. The summed E-state index contributed by atoms with van der Waals surface area (Å²) in [5.74, 6) is 0.374. The van der Waals surface area contributed by atoms with Crippen LogP contribution < -0.4 is 5.32 Å². The molecule has 1 unspecified atom stereocenters. The van der Waals surface area contributed by atoms with Gasteiger partial charge in [0.25, 0.3) is 5.91 Å². The summed E-state index contributed by atoms with van der Waals surface area (Å²) < 4.78 is 0.580. The summed E-state index contributed by atoms with van der Waals surface area (Å²) >= 11 is 7.19. The maximum atomic E-state index is 12.3. The Hall–Kier alpha value is -2.18. The zero-order valence-electron chi connectivity index (χ0n) is 10.8. The molecule has 21 heavy (non-hydrogen) atoms. The Balaban J connectivity index is 1.88. The number of hydrogen-bond donors (Lipinski definition) is 2. The average molecular weight is 319 g/mol. The lowest BCUT2D eigenvalue weighted by Gasteiger charge is -2.16. The molecule has 0 bridgehead atoms. The number of aromatic amines is 1. The molecule has 0 saturated heterocycles. The van der Waals surface area contributed by atoms with E-state index < -0.39 is 0 Å². The Morgan fingerprint density at radius 1 is 1.33 bits per heavy atom. The highest BCUT2D eigenvalue weighted by Crippen LogP contribution is 2.22. The van der Waals surface area contributed by atoms with Crippen molar-refractivity contribution in [2.45, 2.75) is 6.04 Å². The molecular weight excluding hydrogens is 308 g/mol. The number of aromatic nitrogens is 3. The van der Waals surface area contributed by atoms with E-state index in [1.165, 1.54) is 17.7 Å². The number of rotatable bonds is 4. The van der Waals surface area contributed by atoms with E-state index in [4.69, 9.17) is 11.6 Å². The third-order valence-electron chi connectivity index (χ3n) is 2.95. The van der Waals surface area contributed by atoms with Crippen LogP contribution in [0.1, 0.15) is 27.8 Å². The number of halogens is 1. The molecule has 1 atom stereocenters. The molecule has 0 aliphatic heterocycles. The van der Waals surface area contributed by atoms with Crippen molar-refractivity contribution in [1.29, 1.82) is 0 Å². The lowest BCUT2D eigenvalue weighted by atomic mass is 10.1. The van der Waals surface area contributed by atoms with Crippen LogP contribution in [0.2, 0.25) is 4.34 Å². The minimum absolute atomic E-state index is 0.205. The molecule has 0 radical (unpaired) electrons. The van der Waals surface area contributed by atoms with Crippen LogP contribution in [0.4, 0.5) is 0 Å². The quantitative estimate of drug-likeness (QED) is 0.776. The summed E-state index contributed by atoms with van der Waals surface area (Å²) in [6, 6.07) is 10.8. The largest absolute Gasteiger partial charge is 0.338 e. The Bertz CT molecular complexity index is 727. The van der Waals surface area contributed by atoms with Crippen molar-refractivity contribution in [2.75, 3.05) is 0 Å². The predicted molar refractivity (Wildman–Crippen MR) is 81.5 cm³/mol. The van der Waals surface area contributed by atoms with Crippen molar-refractivity contribution < 1.29 is 4.79 Å². The van der Waals surface area contributed by atoms with Gasteiger partial charge in [0, 0.05) is 5.38 Å². The van der Waals surface area contributed by atoms with Crippen LogP contribution in [0.25, 0.3) is 0 Å². The highest BCUT2D eigenvalue weighted by atomic mass is 35.5. The highest BCUT2D eigenvalue weighted by molar-refractivity contribution is 7.14. The Morgan fingerprint density at radius 2 is 2.14 bits per heavy atom. The van der Waals surface area contributed by atoms with E-state index in [1.54, 1.807) is 11.4 Å². The third-order valence-corrected chi connectivity index (χ3v) is 4.04. The summed E-state index contributed by atoms with van der Waals surface area (Å²) in [5.41, 5.74) is 1.45. The van der Waals surface area contributed by atoms with Crippen molar-refractivity contribution in [1.82, 2.24) is 20.5 Å². The number of carbonyl (C=O) groups excluding carboxylic acids is 1. The van der Waals surface area contributed by atoms with Gasteiger partial charge in [-0.3, -0.25) is 9.89 Å². The van der Waals surface area contributed by atoms with Gasteiger partial charge >= 0.3 is 0 Å². The first-order valence-corrected chi connectivity index (χ1v) is 7.45. The lowest BCUT2D eigenvalue weighted by Crippen LogP contribution is -2.29. The summed E-state index contributed by atoms with van der Waals surface area (Å²) in [7, 11) is 0. The molecule has 1 amide bonds. The van der Waals surface area contributed by atoms with Crippen LogP contribution in [0, 0.1) is 0 Å². The van der Waals surface area contributed by atoms with E-state index in [2.05, 4.69) is 20.5 Å². The molecule has 0 aliphatic carbocycles. The molecular formula is C14H11ClN4OS. The van der Waals surface area contributed by atoms with Crippen molar-refractivity contribution in [3.05, 3.63) is 69.4 Å². The summed E-state index contributed by atoms with van der Waals surface area (Å²) in [6.45, 7) is 0. The van der Waals surface area contributed by atoms with Crippen molar-refractivity contribution in [3.8, 4) is 0 Å². The third kappa shape index (κ3) is 3.12. The smallest absolute Gasteiger partial charge is 0.253 e. The molecule has 0 spiro atoms. The van der Waals surface area contributed by atoms with E-state index in [0.29, 0.717) is 15.7 Å². The van der Waals surface area contributed by atoms with E-state index in [0.717, 1.165) is 5.56 Å². The number of H-pyrrole nitrogens is 1. The normalized spacial score (nSPS) is 12.0. The van der Waals surface area contributed by atoms with Crippen molar-refractivity contribution >= 4 is 28.8 Å². The van der Waals surface area contributed by atoms with Gasteiger partial charge in [0.1, 0.15) is 12.4 Å². The fourth-order valence-electron chi connectivity index (χ4n) is 1.95. The van der Waals surface area contributed by atoms with Gasteiger partial charge < -0.3 is 5.32 Å². The second-order valence-electron chi connectivity index (χ2n) is 4.33.